The molecule has 1 amide bonds. The SMILES string of the molecule is Cc1csc(CCC2CCN(C(=O)O)C(C(=O)O)C2)n1. The van der Waals surface area contributed by atoms with E-state index in [4.69, 9.17) is 10.2 Å². The van der Waals surface area contributed by atoms with E-state index in [9.17, 15) is 9.59 Å². The second-order valence-corrected chi connectivity index (χ2v) is 6.08. The third kappa shape index (κ3) is 3.47. The molecule has 0 radical (unpaired) electrons. The lowest BCUT2D eigenvalue weighted by Crippen LogP contribution is -2.49. The van der Waals surface area contributed by atoms with E-state index in [2.05, 4.69) is 4.98 Å². The van der Waals surface area contributed by atoms with Crippen LogP contribution in [-0.4, -0.2) is 44.7 Å². The quantitative estimate of drug-likeness (QED) is 0.889. The summed E-state index contributed by atoms with van der Waals surface area (Å²) in [5.74, 6) is -0.807. The van der Waals surface area contributed by atoms with Gasteiger partial charge < -0.3 is 10.2 Å². The maximum atomic E-state index is 11.2. The van der Waals surface area contributed by atoms with Crippen LogP contribution in [0.2, 0.25) is 0 Å². The minimum Gasteiger partial charge on any atom is -0.480 e. The van der Waals surface area contributed by atoms with Crippen LogP contribution >= 0.6 is 11.3 Å². The molecule has 2 heterocycles. The second-order valence-electron chi connectivity index (χ2n) is 5.14. The van der Waals surface area contributed by atoms with Gasteiger partial charge in [-0.2, -0.15) is 0 Å². The molecule has 0 aromatic carbocycles. The Morgan fingerprint density at radius 3 is 2.80 bits per heavy atom. The van der Waals surface area contributed by atoms with Crippen LogP contribution in [0.5, 0.6) is 0 Å². The van der Waals surface area contributed by atoms with Crippen molar-refractivity contribution in [2.75, 3.05) is 6.54 Å². The van der Waals surface area contributed by atoms with Gasteiger partial charge >= 0.3 is 12.1 Å². The number of hydrogen-bond acceptors (Lipinski definition) is 4. The fraction of sp³-hybridized carbons (Fsp3) is 0.615. The minimum absolute atomic E-state index is 0.246. The predicted octanol–water partition coefficient (Wildman–Crippen LogP) is 2.23. The number of aromatic nitrogens is 1. The van der Waals surface area contributed by atoms with E-state index in [0.717, 1.165) is 34.9 Å². The number of aliphatic carboxylic acids is 1. The molecule has 2 rings (SSSR count). The smallest absolute Gasteiger partial charge is 0.408 e. The molecule has 7 heteroatoms. The minimum atomic E-state index is -1.15. The number of carboxylic acid groups (broad SMARTS) is 2. The van der Waals surface area contributed by atoms with Gasteiger partial charge in [-0.3, -0.25) is 4.90 Å². The molecule has 0 bridgehead atoms. The van der Waals surface area contributed by atoms with E-state index < -0.39 is 18.1 Å². The number of rotatable bonds is 4. The van der Waals surface area contributed by atoms with Crippen molar-refractivity contribution in [3.63, 3.8) is 0 Å². The molecule has 20 heavy (non-hydrogen) atoms. The third-order valence-electron chi connectivity index (χ3n) is 3.67. The van der Waals surface area contributed by atoms with Gasteiger partial charge in [0.25, 0.3) is 0 Å². The highest BCUT2D eigenvalue weighted by Gasteiger charge is 2.35. The lowest BCUT2D eigenvalue weighted by atomic mass is 9.87. The molecule has 1 aliphatic heterocycles. The van der Waals surface area contributed by atoms with Gasteiger partial charge in [0.2, 0.25) is 0 Å². The predicted molar refractivity (Wildman–Crippen MR) is 74.1 cm³/mol. The zero-order chi connectivity index (χ0) is 14.7. The van der Waals surface area contributed by atoms with Gasteiger partial charge in [-0.05, 0) is 38.5 Å². The van der Waals surface area contributed by atoms with Crippen LogP contribution in [0.25, 0.3) is 0 Å². The van der Waals surface area contributed by atoms with Crippen molar-refractivity contribution >= 4 is 23.4 Å². The molecule has 1 aromatic heterocycles. The van der Waals surface area contributed by atoms with Gasteiger partial charge in [0.1, 0.15) is 6.04 Å². The average molecular weight is 298 g/mol. The number of amides is 1. The first-order chi connectivity index (χ1) is 9.47. The summed E-state index contributed by atoms with van der Waals surface area (Å²) in [6.45, 7) is 2.25. The van der Waals surface area contributed by atoms with Crippen molar-refractivity contribution in [3.05, 3.63) is 16.1 Å². The van der Waals surface area contributed by atoms with Crippen LogP contribution < -0.4 is 0 Å². The number of carbonyl (C=O) groups is 2. The molecule has 0 spiro atoms. The molecule has 1 saturated heterocycles. The Morgan fingerprint density at radius 2 is 2.25 bits per heavy atom. The summed E-state index contributed by atoms with van der Waals surface area (Å²) in [6, 6.07) is -0.913. The molecule has 2 atom stereocenters. The summed E-state index contributed by atoms with van der Waals surface area (Å²) >= 11 is 1.62. The van der Waals surface area contributed by atoms with Crippen LogP contribution in [0.4, 0.5) is 4.79 Å². The van der Waals surface area contributed by atoms with Crippen molar-refractivity contribution in [3.8, 4) is 0 Å². The molecule has 110 valence electrons. The van der Waals surface area contributed by atoms with E-state index >= 15 is 0 Å². The summed E-state index contributed by atoms with van der Waals surface area (Å²) < 4.78 is 0. The molecular formula is C13H18N2O4S. The van der Waals surface area contributed by atoms with Gasteiger partial charge in [-0.25, -0.2) is 14.6 Å². The number of hydrogen-bond donors (Lipinski definition) is 2. The van der Waals surface area contributed by atoms with Gasteiger partial charge in [-0.15, -0.1) is 11.3 Å². The Hall–Kier alpha value is -1.63. The molecule has 1 aromatic rings. The topological polar surface area (TPSA) is 90.7 Å². The highest BCUT2D eigenvalue weighted by atomic mass is 32.1. The molecule has 1 fully saturated rings. The normalized spacial score (nSPS) is 22.8. The fourth-order valence-electron chi connectivity index (χ4n) is 2.61. The van der Waals surface area contributed by atoms with Crippen molar-refractivity contribution in [1.29, 1.82) is 0 Å². The Morgan fingerprint density at radius 1 is 1.50 bits per heavy atom. The molecule has 2 unspecified atom stereocenters. The van der Waals surface area contributed by atoms with E-state index in [1.165, 1.54) is 0 Å². The first-order valence-electron chi connectivity index (χ1n) is 6.60. The Balaban J connectivity index is 1.91. The fourth-order valence-corrected chi connectivity index (χ4v) is 3.40. The number of aryl methyl sites for hydroxylation is 2. The average Bonchev–Trinajstić information content (AvgIpc) is 2.81. The maximum Gasteiger partial charge on any atom is 0.408 e. The monoisotopic (exact) mass is 298 g/mol. The third-order valence-corrected chi connectivity index (χ3v) is 4.70. The Labute approximate surface area is 121 Å². The van der Waals surface area contributed by atoms with E-state index in [1.54, 1.807) is 11.3 Å². The number of thiazole rings is 1. The van der Waals surface area contributed by atoms with E-state index in [-0.39, 0.29) is 5.92 Å². The summed E-state index contributed by atoms with van der Waals surface area (Å²) in [6.07, 6.45) is 1.67. The standard InChI is InChI=1S/C13H18N2O4S/c1-8-7-20-11(14-8)3-2-9-4-5-15(13(18)19)10(6-9)12(16)17/h7,9-10H,2-6H2,1H3,(H,16,17)(H,18,19). The number of carboxylic acids is 1. The summed E-state index contributed by atoms with van der Waals surface area (Å²) in [5, 5.41) is 21.2. The van der Waals surface area contributed by atoms with Gasteiger partial charge in [0.15, 0.2) is 0 Å². The number of nitrogens with zero attached hydrogens (tertiary/aromatic N) is 2. The first-order valence-corrected chi connectivity index (χ1v) is 7.48. The highest BCUT2D eigenvalue weighted by Crippen LogP contribution is 2.27. The van der Waals surface area contributed by atoms with Crippen molar-refractivity contribution < 1.29 is 19.8 Å². The van der Waals surface area contributed by atoms with Crippen LogP contribution in [0.3, 0.4) is 0 Å². The molecule has 0 saturated carbocycles. The lowest BCUT2D eigenvalue weighted by Gasteiger charge is -2.35. The highest BCUT2D eigenvalue weighted by molar-refractivity contribution is 7.09. The van der Waals surface area contributed by atoms with Gasteiger partial charge in [-0.1, -0.05) is 0 Å². The summed E-state index contributed by atoms with van der Waals surface area (Å²) in [7, 11) is 0. The molecule has 0 aliphatic carbocycles. The molecule has 1 aliphatic rings. The zero-order valence-electron chi connectivity index (χ0n) is 11.3. The first kappa shape index (κ1) is 14.8. The number of piperidine rings is 1. The van der Waals surface area contributed by atoms with Crippen molar-refractivity contribution in [2.45, 2.75) is 38.6 Å². The largest absolute Gasteiger partial charge is 0.480 e. The Bertz CT molecular complexity index is 502. The van der Waals surface area contributed by atoms with Crippen LogP contribution in [0, 0.1) is 12.8 Å². The summed E-state index contributed by atoms with van der Waals surface area (Å²) in [4.78, 5) is 27.6. The van der Waals surface area contributed by atoms with Gasteiger partial charge in [0, 0.05) is 17.6 Å². The zero-order valence-corrected chi connectivity index (χ0v) is 12.1. The summed E-state index contributed by atoms with van der Waals surface area (Å²) in [5.41, 5.74) is 1.01. The number of likely N-dealkylation sites (tertiary alicyclic amines) is 1. The second kappa shape index (κ2) is 6.21. The van der Waals surface area contributed by atoms with Gasteiger partial charge in [0.05, 0.1) is 5.01 Å². The molecular weight excluding hydrogens is 280 g/mol. The Kier molecular flexibility index (Phi) is 4.59. The van der Waals surface area contributed by atoms with Crippen molar-refractivity contribution in [2.24, 2.45) is 5.92 Å². The van der Waals surface area contributed by atoms with E-state index in [1.807, 2.05) is 12.3 Å². The van der Waals surface area contributed by atoms with Crippen LogP contribution in [0.15, 0.2) is 5.38 Å². The van der Waals surface area contributed by atoms with E-state index in [0.29, 0.717) is 13.0 Å². The van der Waals surface area contributed by atoms with Crippen LogP contribution in [-0.2, 0) is 11.2 Å². The molecule has 6 nitrogen and oxygen atoms in total. The molecule has 2 N–H and O–H groups in total. The van der Waals surface area contributed by atoms with Crippen LogP contribution in [0.1, 0.15) is 30.0 Å². The maximum absolute atomic E-state index is 11.2. The van der Waals surface area contributed by atoms with Crippen molar-refractivity contribution in [1.82, 2.24) is 9.88 Å². The lowest BCUT2D eigenvalue weighted by molar-refractivity contribution is -0.144.